The van der Waals surface area contributed by atoms with E-state index in [0.29, 0.717) is 0 Å². The van der Waals surface area contributed by atoms with Crippen LogP contribution >= 0.6 is 0 Å². The van der Waals surface area contributed by atoms with Crippen molar-refractivity contribution in [1.29, 1.82) is 10.5 Å². The molecule has 6 aliphatic rings. The lowest BCUT2D eigenvalue weighted by Gasteiger charge is -2.25. The summed E-state index contributed by atoms with van der Waals surface area (Å²) in [6, 6.07) is 21.3. The van der Waals surface area contributed by atoms with E-state index in [9.17, 15) is 10.5 Å². The van der Waals surface area contributed by atoms with Crippen molar-refractivity contribution in [2.45, 2.75) is 0 Å². The van der Waals surface area contributed by atoms with Gasteiger partial charge in [-0.15, -0.1) is 0 Å². The van der Waals surface area contributed by atoms with Gasteiger partial charge in [-0.3, -0.25) is 0 Å². The molecule has 0 N–H and O–H groups in total. The van der Waals surface area contributed by atoms with Crippen molar-refractivity contribution < 1.29 is 0 Å². The molecule has 6 aliphatic carbocycles. The molecule has 2 aromatic carbocycles. The standard InChI is InChI=1S/C34H16N4/c35-15-25-17-7-1-3-9-19(17)29-27-21(25)11-5-13-23(27)31-33(29)37-32-24-14-6-12-22-26(16-36)18-8-2-4-10-20(18)30(28(22)24)34(32)38-31/h1-14,27-28H. The maximum atomic E-state index is 10.1. The van der Waals surface area contributed by atoms with Crippen molar-refractivity contribution in [1.82, 2.24) is 9.97 Å². The molecule has 0 aliphatic heterocycles. The number of allylic oxidation sites excluding steroid dienone is 8. The Morgan fingerprint density at radius 1 is 0.579 bits per heavy atom. The van der Waals surface area contributed by atoms with E-state index in [2.05, 4.69) is 48.6 Å². The van der Waals surface area contributed by atoms with Gasteiger partial charge in [0.05, 0.1) is 33.2 Å². The second-order valence-electron chi connectivity index (χ2n) is 10.2. The van der Waals surface area contributed by atoms with Gasteiger partial charge in [0.1, 0.15) is 12.1 Å². The Labute approximate surface area is 216 Å². The zero-order valence-electron chi connectivity index (χ0n) is 20.0. The Bertz CT molecular complexity index is 2190. The van der Waals surface area contributed by atoms with Gasteiger partial charge in [0.2, 0.25) is 0 Å². The van der Waals surface area contributed by atoms with Gasteiger partial charge in [-0.2, -0.15) is 10.5 Å². The Hall–Kier alpha value is -5.32. The summed E-state index contributed by atoms with van der Waals surface area (Å²) in [5.41, 5.74) is 9.78. The Kier molecular flexibility index (Phi) is 3.50. The van der Waals surface area contributed by atoms with Crippen molar-refractivity contribution in [3.63, 3.8) is 0 Å². The number of nitrogens with zero attached hydrogens (tertiary/aromatic N) is 4. The lowest BCUT2D eigenvalue weighted by Crippen LogP contribution is -2.37. The van der Waals surface area contributed by atoms with Crippen LogP contribution < -0.4 is 31.6 Å². The highest BCUT2D eigenvalue weighted by atomic mass is 14.9. The third-order valence-corrected chi connectivity index (χ3v) is 8.65. The quantitative estimate of drug-likeness (QED) is 0.477. The van der Waals surface area contributed by atoms with Crippen LogP contribution in [0.4, 0.5) is 0 Å². The fourth-order valence-electron chi connectivity index (χ4n) is 7.23. The van der Waals surface area contributed by atoms with Gasteiger partial charge < -0.3 is 0 Å². The summed E-state index contributed by atoms with van der Waals surface area (Å²) < 4.78 is 0. The molecule has 1 aromatic heterocycles. The fourth-order valence-corrected chi connectivity index (χ4v) is 7.23. The van der Waals surface area contributed by atoms with Crippen molar-refractivity contribution in [2.24, 2.45) is 11.8 Å². The summed E-state index contributed by atoms with van der Waals surface area (Å²) in [7, 11) is 0. The first-order chi connectivity index (χ1) is 18.8. The molecule has 9 rings (SSSR count). The molecule has 2 atom stereocenters. The van der Waals surface area contributed by atoms with Gasteiger partial charge in [0, 0.05) is 22.3 Å². The van der Waals surface area contributed by atoms with E-state index in [4.69, 9.17) is 9.97 Å². The average molecular weight is 481 g/mol. The minimum atomic E-state index is -0.0394. The summed E-state index contributed by atoms with van der Waals surface area (Å²) in [5, 5.41) is 26.1. The molecule has 4 nitrogen and oxygen atoms in total. The van der Waals surface area contributed by atoms with Crippen LogP contribution in [-0.2, 0) is 0 Å². The van der Waals surface area contributed by atoms with Crippen LogP contribution in [0.5, 0.6) is 0 Å². The number of aromatic nitrogens is 2. The van der Waals surface area contributed by atoms with E-state index in [-0.39, 0.29) is 11.8 Å². The zero-order chi connectivity index (χ0) is 25.1. The van der Waals surface area contributed by atoms with E-state index in [1.807, 2.05) is 48.6 Å². The van der Waals surface area contributed by atoms with Gasteiger partial charge in [-0.25, -0.2) is 9.97 Å². The second kappa shape index (κ2) is 6.71. The molecule has 2 unspecified atom stereocenters. The molecule has 4 heteroatoms. The topological polar surface area (TPSA) is 73.4 Å². The first kappa shape index (κ1) is 19.8. The lowest BCUT2D eigenvalue weighted by molar-refractivity contribution is 1.03. The predicted octanol–water partition coefficient (Wildman–Crippen LogP) is 0.804. The minimum Gasteiger partial charge on any atom is -0.244 e. The van der Waals surface area contributed by atoms with Gasteiger partial charge >= 0.3 is 0 Å². The predicted molar refractivity (Wildman–Crippen MR) is 144 cm³/mol. The summed E-state index contributed by atoms with van der Waals surface area (Å²) in [5.74, 6) is -0.0789. The molecular formula is C34H16N4. The Morgan fingerprint density at radius 3 is 1.42 bits per heavy atom. The zero-order valence-corrected chi connectivity index (χ0v) is 20.0. The molecule has 0 fully saturated rings. The Morgan fingerprint density at radius 2 is 1.00 bits per heavy atom. The van der Waals surface area contributed by atoms with E-state index >= 15 is 0 Å². The monoisotopic (exact) mass is 480 g/mol. The summed E-state index contributed by atoms with van der Waals surface area (Å²) >= 11 is 0. The molecule has 0 radical (unpaired) electrons. The van der Waals surface area contributed by atoms with Crippen LogP contribution in [-0.4, -0.2) is 9.97 Å². The van der Waals surface area contributed by atoms with E-state index in [0.717, 1.165) is 87.5 Å². The summed E-state index contributed by atoms with van der Waals surface area (Å²) in [6.07, 6.45) is 12.5. The average Bonchev–Trinajstić information content (AvgIpc) is 3.47. The highest BCUT2D eigenvalue weighted by molar-refractivity contribution is 6.00. The number of rotatable bonds is 0. The van der Waals surface area contributed by atoms with Crippen molar-refractivity contribution in [3.05, 3.63) is 139 Å². The minimum absolute atomic E-state index is 0.0394. The molecule has 172 valence electrons. The van der Waals surface area contributed by atoms with Gasteiger partial charge in [-0.1, -0.05) is 85.0 Å². The Balaban J connectivity index is 1.50. The maximum absolute atomic E-state index is 10.1. The largest absolute Gasteiger partial charge is 0.244 e. The van der Waals surface area contributed by atoms with E-state index < -0.39 is 0 Å². The lowest BCUT2D eigenvalue weighted by atomic mass is 9.76. The number of nitriles is 2. The van der Waals surface area contributed by atoms with Gasteiger partial charge in [0.25, 0.3) is 0 Å². The molecule has 1 heterocycles. The molecule has 3 aromatic rings. The van der Waals surface area contributed by atoms with Crippen LogP contribution in [0.1, 0.15) is 11.4 Å². The summed E-state index contributed by atoms with van der Waals surface area (Å²) in [4.78, 5) is 10.8. The van der Waals surface area contributed by atoms with Crippen LogP contribution in [0.15, 0.2) is 96.1 Å². The van der Waals surface area contributed by atoms with Crippen molar-refractivity contribution >= 4 is 33.4 Å². The van der Waals surface area contributed by atoms with E-state index in [1.165, 1.54) is 0 Å². The maximum Gasteiger partial charge on any atom is 0.100 e. The van der Waals surface area contributed by atoms with Crippen LogP contribution in [0.25, 0.3) is 33.4 Å². The van der Waals surface area contributed by atoms with Gasteiger partial charge in [-0.05, 0) is 43.9 Å². The first-order valence-electron chi connectivity index (χ1n) is 12.7. The van der Waals surface area contributed by atoms with Crippen LogP contribution in [0, 0.1) is 34.5 Å². The SMILES string of the molecule is N#CC1=c2ccccc2=C2c3nc4c(nc3=C3C=CC=C1C32)C1=c2ccccc2=C(C#N)C2=CC=CC=4C21. The fraction of sp³-hybridized carbons (Fsp3) is 0.0588. The van der Waals surface area contributed by atoms with Crippen LogP contribution in [0.2, 0.25) is 0 Å². The van der Waals surface area contributed by atoms with Crippen LogP contribution in [0.3, 0.4) is 0 Å². The molecule has 0 saturated carbocycles. The number of fused-ring (bicyclic) bond motifs is 6. The molecule has 0 saturated heterocycles. The molecule has 0 spiro atoms. The molecule has 0 amide bonds. The van der Waals surface area contributed by atoms with E-state index in [1.54, 1.807) is 0 Å². The summed E-state index contributed by atoms with van der Waals surface area (Å²) in [6.45, 7) is 0. The van der Waals surface area contributed by atoms with Crippen molar-refractivity contribution in [2.75, 3.05) is 0 Å². The normalized spacial score (nSPS) is 21.9. The molecule has 38 heavy (non-hydrogen) atoms. The van der Waals surface area contributed by atoms with Gasteiger partial charge in [0.15, 0.2) is 0 Å². The number of hydrogen-bond acceptors (Lipinski definition) is 4. The molecule has 0 bridgehead atoms. The first-order valence-corrected chi connectivity index (χ1v) is 12.7. The highest BCUT2D eigenvalue weighted by Crippen LogP contribution is 2.45. The number of hydrogen-bond donors (Lipinski definition) is 0. The number of benzene rings is 2. The third kappa shape index (κ3) is 2.13. The highest BCUT2D eigenvalue weighted by Gasteiger charge is 2.42. The van der Waals surface area contributed by atoms with Crippen molar-refractivity contribution in [3.8, 4) is 12.1 Å². The third-order valence-electron chi connectivity index (χ3n) is 8.65. The molecular weight excluding hydrogens is 464 g/mol. The smallest absolute Gasteiger partial charge is 0.100 e. The second-order valence-corrected chi connectivity index (χ2v) is 10.2.